The van der Waals surface area contributed by atoms with Crippen molar-refractivity contribution in [2.24, 2.45) is 4.99 Å². The van der Waals surface area contributed by atoms with Gasteiger partial charge >= 0.3 is 0 Å². The molecule has 0 bridgehead atoms. The third-order valence-electron chi connectivity index (χ3n) is 3.33. The summed E-state index contributed by atoms with van der Waals surface area (Å²) in [7, 11) is 3.70. The average molecular weight is 300 g/mol. The molecule has 0 unspecified atom stereocenters. The van der Waals surface area contributed by atoms with Crippen molar-refractivity contribution in [3.63, 3.8) is 0 Å². The van der Waals surface area contributed by atoms with Gasteiger partial charge in [0.15, 0.2) is 5.96 Å². The van der Waals surface area contributed by atoms with Crippen LogP contribution in [0.15, 0.2) is 47.6 Å². The van der Waals surface area contributed by atoms with Crippen LogP contribution in [0.4, 0.5) is 4.39 Å². The fourth-order valence-electron chi connectivity index (χ4n) is 2.11. The summed E-state index contributed by atoms with van der Waals surface area (Å²) in [6.07, 6.45) is 1.86. The lowest BCUT2D eigenvalue weighted by atomic mass is 10.2. The van der Waals surface area contributed by atoms with E-state index in [0.29, 0.717) is 13.1 Å². The van der Waals surface area contributed by atoms with Gasteiger partial charge in [0.2, 0.25) is 0 Å². The molecule has 22 heavy (non-hydrogen) atoms. The summed E-state index contributed by atoms with van der Waals surface area (Å²) in [5.74, 6) is 0.561. The van der Waals surface area contributed by atoms with Gasteiger partial charge in [0.05, 0.1) is 0 Å². The third-order valence-corrected chi connectivity index (χ3v) is 3.33. The Morgan fingerprint density at radius 3 is 2.45 bits per heavy atom. The predicted octanol–water partition coefficient (Wildman–Crippen LogP) is 2.74. The first-order chi connectivity index (χ1) is 10.6. The molecule has 0 radical (unpaired) electrons. The number of hydrogen-bond acceptors (Lipinski definition) is 2. The van der Waals surface area contributed by atoms with Crippen LogP contribution in [-0.4, -0.2) is 29.9 Å². The number of hydrogen-bond donors (Lipinski definition) is 1. The first-order valence-corrected chi connectivity index (χ1v) is 7.16. The van der Waals surface area contributed by atoms with Crippen molar-refractivity contribution in [1.82, 2.24) is 15.2 Å². The smallest absolute Gasteiger partial charge is 0.193 e. The molecule has 0 saturated heterocycles. The molecule has 1 aromatic heterocycles. The molecule has 1 N–H and O–H groups in total. The molecule has 0 spiro atoms. The van der Waals surface area contributed by atoms with Gasteiger partial charge < -0.3 is 10.2 Å². The van der Waals surface area contributed by atoms with E-state index in [-0.39, 0.29) is 5.82 Å². The largest absolute Gasteiger partial charge is 0.352 e. The Morgan fingerprint density at radius 1 is 1.18 bits per heavy atom. The number of guanidine groups is 1. The van der Waals surface area contributed by atoms with Crippen LogP contribution < -0.4 is 5.32 Å². The number of aromatic nitrogens is 1. The average Bonchev–Trinajstić information content (AvgIpc) is 2.52. The van der Waals surface area contributed by atoms with Crippen LogP contribution in [0.3, 0.4) is 0 Å². The highest BCUT2D eigenvalue weighted by Gasteiger charge is 2.06. The van der Waals surface area contributed by atoms with Crippen LogP contribution in [0.1, 0.15) is 16.8 Å². The van der Waals surface area contributed by atoms with Gasteiger partial charge in [0.1, 0.15) is 5.82 Å². The highest BCUT2D eigenvalue weighted by atomic mass is 19.1. The number of pyridine rings is 1. The van der Waals surface area contributed by atoms with E-state index in [1.807, 2.05) is 37.2 Å². The first-order valence-electron chi connectivity index (χ1n) is 7.16. The van der Waals surface area contributed by atoms with Gasteiger partial charge in [-0.2, -0.15) is 0 Å². The molecule has 0 aliphatic rings. The molecule has 0 fully saturated rings. The number of aryl methyl sites for hydroxylation is 1. The van der Waals surface area contributed by atoms with Crippen molar-refractivity contribution in [2.75, 3.05) is 14.1 Å². The van der Waals surface area contributed by atoms with Crippen LogP contribution in [0, 0.1) is 12.7 Å². The summed E-state index contributed by atoms with van der Waals surface area (Å²) in [4.78, 5) is 10.5. The van der Waals surface area contributed by atoms with E-state index in [2.05, 4.69) is 15.3 Å². The number of nitrogens with zero attached hydrogens (tertiary/aromatic N) is 3. The van der Waals surface area contributed by atoms with Crippen LogP contribution in [0.25, 0.3) is 0 Å². The number of aliphatic imine (C=N–C) groups is 1. The molecule has 0 saturated carbocycles. The Balaban J connectivity index is 1.93. The Kier molecular flexibility index (Phi) is 5.47. The van der Waals surface area contributed by atoms with Gasteiger partial charge in [-0.3, -0.25) is 9.98 Å². The molecular formula is C17H21FN4. The summed E-state index contributed by atoms with van der Waals surface area (Å²) in [5.41, 5.74) is 3.13. The summed E-state index contributed by atoms with van der Waals surface area (Å²) in [6, 6.07) is 10.5. The lowest BCUT2D eigenvalue weighted by Crippen LogP contribution is -2.38. The lowest BCUT2D eigenvalue weighted by molar-refractivity contribution is 0.476. The van der Waals surface area contributed by atoms with Gasteiger partial charge in [-0.05, 0) is 36.2 Å². The molecule has 4 nitrogen and oxygen atoms in total. The summed E-state index contributed by atoms with van der Waals surface area (Å²) < 4.78 is 12.9. The monoisotopic (exact) mass is 300 g/mol. The first kappa shape index (κ1) is 15.9. The zero-order valence-electron chi connectivity index (χ0n) is 13.2. The van der Waals surface area contributed by atoms with Crippen LogP contribution in [-0.2, 0) is 13.1 Å². The van der Waals surface area contributed by atoms with E-state index in [4.69, 9.17) is 0 Å². The summed E-state index contributed by atoms with van der Waals surface area (Å²) in [6.45, 7) is 3.28. The summed E-state index contributed by atoms with van der Waals surface area (Å²) in [5, 5.41) is 3.30. The van der Waals surface area contributed by atoms with E-state index in [0.717, 1.165) is 22.8 Å². The number of benzene rings is 1. The van der Waals surface area contributed by atoms with E-state index < -0.39 is 0 Å². The molecule has 2 rings (SSSR count). The topological polar surface area (TPSA) is 40.5 Å². The molecule has 5 heteroatoms. The van der Waals surface area contributed by atoms with Crippen molar-refractivity contribution in [3.05, 3.63) is 65.2 Å². The normalized spacial score (nSPS) is 11.4. The zero-order valence-corrected chi connectivity index (χ0v) is 13.2. The standard InChI is InChI=1S/C17H21FN4/c1-13-4-5-15(10-20-13)11-21-17(19-2)22(3)12-14-6-8-16(18)9-7-14/h4-10H,11-12H2,1-3H3,(H,19,21). The summed E-state index contributed by atoms with van der Waals surface area (Å²) >= 11 is 0. The maximum Gasteiger partial charge on any atom is 0.193 e. The van der Waals surface area contributed by atoms with E-state index in [1.165, 1.54) is 12.1 Å². The molecule has 1 heterocycles. The molecular weight excluding hydrogens is 279 g/mol. The highest BCUT2D eigenvalue weighted by Crippen LogP contribution is 2.06. The molecule has 0 atom stereocenters. The Bertz CT molecular complexity index is 620. The minimum Gasteiger partial charge on any atom is -0.352 e. The second-order valence-electron chi connectivity index (χ2n) is 5.19. The molecule has 0 aliphatic carbocycles. The van der Waals surface area contributed by atoms with Crippen LogP contribution in [0.5, 0.6) is 0 Å². The van der Waals surface area contributed by atoms with Gasteiger partial charge in [-0.15, -0.1) is 0 Å². The maximum atomic E-state index is 12.9. The van der Waals surface area contributed by atoms with E-state index >= 15 is 0 Å². The predicted molar refractivity (Wildman–Crippen MR) is 87.0 cm³/mol. The minimum absolute atomic E-state index is 0.221. The van der Waals surface area contributed by atoms with Crippen molar-refractivity contribution in [3.8, 4) is 0 Å². The number of nitrogens with one attached hydrogen (secondary N) is 1. The fraction of sp³-hybridized carbons (Fsp3) is 0.294. The van der Waals surface area contributed by atoms with E-state index in [1.54, 1.807) is 19.2 Å². The second-order valence-corrected chi connectivity index (χ2v) is 5.19. The maximum absolute atomic E-state index is 12.9. The van der Waals surface area contributed by atoms with Crippen molar-refractivity contribution in [2.45, 2.75) is 20.0 Å². The molecule has 1 aromatic carbocycles. The van der Waals surface area contributed by atoms with Gasteiger partial charge in [0.25, 0.3) is 0 Å². The molecule has 0 amide bonds. The zero-order chi connectivity index (χ0) is 15.9. The van der Waals surface area contributed by atoms with Crippen molar-refractivity contribution in [1.29, 1.82) is 0 Å². The lowest BCUT2D eigenvalue weighted by Gasteiger charge is -2.22. The minimum atomic E-state index is -0.221. The molecule has 116 valence electrons. The van der Waals surface area contributed by atoms with Crippen molar-refractivity contribution >= 4 is 5.96 Å². The molecule has 2 aromatic rings. The van der Waals surface area contributed by atoms with Crippen LogP contribution >= 0.6 is 0 Å². The number of halogens is 1. The fourth-order valence-corrected chi connectivity index (χ4v) is 2.11. The SMILES string of the molecule is CN=C(NCc1ccc(C)nc1)N(C)Cc1ccc(F)cc1. The molecule has 0 aliphatic heterocycles. The third kappa shape index (κ3) is 4.55. The van der Waals surface area contributed by atoms with Gasteiger partial charge in [-0.1, -0.05) is 18.2 Å². The Labute approximate surface area is 130 Å². The highest BCUT2D eigenvalue weighted by molar-refractivity contribution is 5.79. The quantitative estimate of drug-likeness (QED) is 0.697. The van der Waals surface area contributed by atoms with Crippen molar-refractivity contribution < 1.29 is 4.39 Å². The Hall–Kier alpha value is -2.43. The van der Waals surface area contributed by atoms with Gasteiger partial charge in [0, 0.05) is 39.1 Å². The van der Waals surface area contributed by atoms with E-state index in [9.17, 15) is 4.39 Å². The second kappa shape index (κ2) is 7.54. The van der Waals surface area contributed by atoms with Gasteiger partial charge in [-0.25, -0.2) is 4.39 Å². The number of rotatable bonds is 4. The van der Waals surface area contributed by atoms with Crippen LogP contribution in [0.2, 0.25) is 0 Å². The Morgan fingerprint density at radius 2 is 1.86 bits per heavy atom.